The zero-order chi connectivity index (χ0) is 12.5. The molecule has 96 valence electrons. The Kier molecular flexibility index (Phi) is 3.53. The van der Waals surface area contributed by atoms with Crippen LogP contribution in [0, 0.1) is 5.92 Å². The lowest BCUT2D eigenvalue weighted by molar-refractivity contribution is -0.126. The number of amides is 1. The lowest BCUT2D eigenvalue weighted by Crippen LogP contribution is -2.41. The van der Waals surface area contributed by atoms with Crippen LogP contribution < -0.4 is 11.1 Å². The van der Waals surface area contributed by atoms with Gasteiger partial charge in [0, 0.05) is 17.4 Å². The van der Waals surface area contributed by atoms with Gasteiger partial charge in [0.15, 0.2) is 9.84 Å². The van der Waals surface area contributed by atoms with Crippen LogP contribution in [0.3, 0.4) is 0 Å². The Hall–Kier alpha value is -0.880. The van der Waals surface area contributed by atoms with Gasteiger partial charge >= 0.3 is 0 Å². The van der Waals surface area contributed by atoms with E-state index in [2.05, 4.69) is 5.32 Å². The molecule has 1 fully saturated rings. The Labute approximate surface area is 101 Å². The van der Waals surface area contributed by atoms with Gasteiger partial charge in [-0.25, -0.2) is 8.42 Å². The van der Waals surface area contributed by atoms with Gasteiger partial charge in [-0.15, -0.1) is 0 Å². The fourth-order valence-electron chi connectivity index (χ4n) is 2.35. The van der Waals surface area contributed by atoms with Crippen LogP contribution in [0.2, 0.25) is 0 Å². The minimum absolute atomic E-state index is 0.00787. The first-order valence-corrected chi connectivity index (χ1v) is 7.65. The first-order chi connectivity index (χ1) is 7.96. The van der Waals surface area contributed by atoms with Crippen molar-refractivity contribution in [2.24, 2.45) is 11.7 Å². The van der Waals surface area contributed by atoms with E-state index in [4.69, 9.17) is 5.73 Å². The highest BCUT2D eigenvalue weighted by Crippen LogP contribution is 2.23. The Balaban J connectivity index is 1.84. The molecule has 1 unspecified atom stereocenters. The molecule has 1 atom stereocenters. The molecule has 1 amide bonds. The second-order valence-electron chi connectivity index (χ2n) is 4.88. The van der Waals surface area contributed by atoms with E-state index in [-0.39, 0.29) is 29.7 Å². The fourth-order valence-corrected chi connectivity index (χ4v) is 3.58. The summed E-state index contributed by atoms with van der Waals surface area (Å²) in [5.74, 6) is -0.0551. The van der Waals surface area contributed by atoms with Crippen LogP contribution in [0.5, 0.6) is 0 Å². The molecule has 2 aliphatic rings. The zero-order valence-corrected chi connectivity index (χ0v) is 10.4. The van der Waals surface area contributed by atoms with E-state index in [1.54, 1.807) is 6.08 Å². The summed E-state index contributed by atoms with van der Waals surface area (Å²) in [6.45, 7) is 0. The number of carbonyl (C=O) groups is 1. The van der Waals surface area contributed by atoms with Crippen LogP contribution in [0.15, 0.2) is 11.5 Å². The topological polar surface area (TPSA) is 89.3 Å². The number of rotatable bonds is 2. The molecule has 0 bridgehead atoms. The van der Waals surface area contributed by atoms with Crippen molar-refractivity contribution >= 4 is 15.7 Å². The molecule has 1 saturated carbocycles. The van der Waals surface area contributed by atoms with Gasteiger partial charge in [-0.3, -0.25) is 4.79 Å². The molecule has 0 aromatic heterocycles. The van der Waals surface area contributed by atoms with E-state index < -0.39 is 9.84 Å². The SMILES string of the molecule is NC1CCC(C(=O)NC2C=CS(=O)(=O)C2)CC1. The number of carbonyl (C=O) groups excluding carboxylic acids is 1. The second-order valence-corrected chi connectivity index (χ2v) is 6.82. The predicted octanol–water partition coefficient (Wildman–Crippen LogP) is -0.0692. The highest BCUT2D eigenvalue weighted by Gasteiger charge is 2.28. The Bertz CT molecular complexity index is 422. The Morgan fingerprint density at radius 3 is 2.41 bits per heavy atom. The lowest BCUT2D eigenvalue weighted by atomic mass is 9.86. The molecule has 0 saturated heterocycles. The molecule has 1 aliphatic heterocycles. The van der Waals surface area contributed by atoms with Crippen molar-refractivity contribution in [3.8, 4) is 0 Å². The van der Waals surface area contributed by atoms with Gasteiger partial charge in [-0.1, -0.05) is 0 Å². The number of hydrogen-bond acceptors (Lipinski definition) is 4. The standard InChI is InChI=1S/C11H18N2O3S/c12-9-3-1-8(2-4-9)11(14)13-10-5-6-17(15,16)7-10/h5-6,8-10H,1-4,7,12H2,(H,13,14). The molecule has 0 spiro atoms. The third kappa shape index (κ3) is 3.29. The van der Waals surface area contributed by atoms with E-state index in [0.29, 0.717) is 0 Å². The summed E-state index contributed by atoms with van der Waals surface area (Å²) in [6.07, 6.45) is 4.89. The molecular formula is C11H18N2O3S. The molecule has 3 N–H and O–H groups in total. The van der Waals surface area contributed by atoms with Crippen molar-refractivity contribution in [1.29, 1.82) is 0 Å². The van der Waals surface area contributed by atoms with Crippen molar-refractivity contribution in [3.63, 3.8) is 0 Å². The summed E-state index contributed by atoms with van der Waals surface area (Å²) in [6, 6.07) is -0.145. The van der Waals surface area contributed by atoms with Gasteiger partial charge in [0.1, 0.15) is 0 Å². The average molecular weight is 258 g/mol. The van der Waals surface area contributed by atoms with Crippen LogP contribution in [0.4, 0.5) is 0 Å². The first kappa shape index (κ1) is 12.6. The van der Waals surface area contributed by atoms with Crippen molar-refractivity contribution in [3.05, 3.63) is 11.5 Å². The monoisotopic (exact) mass is 258 g/mol. The molecule has 0 radical (unpaired) electrons. The van der Waals surface area contributed by atoms with Crippen molar-refractivity contribution < 1.29 is 13.2 Å². The van der Waals surface area contributed by atoms with Crippen LogP contribution in [-0.4, -0.2) is 32.2 Å². The summed E-state index contributed by atoms with van der Waals surface area (Å²) < 4.78 is 22.4. The molecule has 6 heteroatoms. The summed E-state index contributed by atoms with van der Waals surface area (Å²) in [7, 11) is -3.10. The maximum atomic E-state index is 11.9. The lowest BCUT2D eigenvalue weighted by Gasteiger charge is -2.26. The summed E-state index contributed by atoms with van der Waals surface area (Å²) in [5.41, 5.74) is 5.77. The molecule has 0 aromatic carbocycles. The maximum Gasteiger partial charge on any atom is 0.223 e. The molecule has 17 heavy (non-hydrogen) atoms. The number of nitrogens with two attached hydrogens (primary N) is 1. The Morgan fingerprint density at radius 1 is 1.24 bits per heavy atom. The normalized spacial score (nSPS) is 35.7. The largest absolute Gasteiger partial charge is 0.349 e. The maximum absolute atomic E-state index is 11.9. The van der Waals surface area contributed by atoms with Crippen LogP contribution in [0.1, 0.15) is 25.7 Å². The minimum atomic E-state index is -3.10. The third-order valence-corrected chi connectivity index (χ3v) is 4.80. The molecule has 1 heterocycles. The highest BCUT2D eigenvalue weighted by atomic mass is 32.2. The smallest absolute Gasteiger partial charge is 0.223 e. The van der Waals surface area contributed by atoms with Gasteiger partial charge in [-0.05, 0) is 31.8 Å². The number of hydrogen-bond donors (Lipinski definition) is 2. The van der Waals surface area contributed by atoms with Gasteiger partial charge < -0.3 is 11.1 Å². The van der Waals surface area contributed by atoms with Crippen molar-refractivity contribution in [2.75, 3.05) is 5.75 Å². The molecule has 2 rings (SSSR count). The third-order valence-electron chi connectivity index (χ3n) is 3.40. The van der Waals surface area contributed by atoms with Crippen molar-refractivity contribution in [2.45, 2.75) is 37.8 Å². The highest BCUT2D eigenvalue weighted by molar-refractivity contribution is 7.94. The quantitative estimate of drug-likeness (QED) is 0.725. The summed E-state index contributed by atoms with van der Waals surface area (Å²) in [5, 5.41) is 3.95. The van der Waals surface area contributed by atoms with E-state index in [1.165, 1.54) is 5.41 Å². The van der Waals surface area contributed by atoms with E-state index >= 15 is 0 Å². The van der Waals surface area contributed by atoms with Gasteiger partial charge in [0.25, 0.3) is 0 Å². The first-order valence-electron chi connectivity index (χ1n) is 5.93. The van der Waals surface area contributed by atoms with E-state index in [9.17, 15) is 13.2 Å². The minimum Gasteiger partial charge on any atom is -0.349 e. The van der Waals surface area contributed by atoms with Crippen LogP contribution in [-0.2, 0) is 14.6 Å². The number of sulfone groups is 1. The molecule has 1 aliphatic carbocycles. The van der Waals surface area contributed by atoms with Gasteiger partial charge in [0.2, 0.25) is 5.91 Å². The summed E-state index contributed by atoms with van der Waals surface area (Å²) >= 11 is 0. The van der Waals surface area contributed by atoms with Crippen LogP contribution in [0.25, 0.3) is 0 Å². The number of nitrogens with one attached hydrogen (secondary N) is 1. The molecular weight excluding hydrogens is 240 g/mol. The fraction of sp³-hybridized carbons (Fsp3) is 0.727. The zero-order valence-electron chi connectivity index (χ0n) is 9.63. The van der Waals surface area contributed by atoms with Crippen molar-refractivity contribution in [1.82, 2.24) is 5.32 Å². The average Bonchev–Trinajstić information content (AvgIpc) is 2.59. The molecule has 0 aromatic rings. The van der Waals surface area contributed by atoms with Crippen LogP contribution >= 0.6 is 0 Å². The summed E-state index contributed by atoms with van der Waals surface area (Å²) in [4.78, 5) is 11.9. The van der Waals surface area contributed by atoms with E-state index in [0.717, 1.165) is 25.7 Å². The molecule has 5 nitrogen and oxygen atoms in total. The van der Waals surface area contributed by atoms with E-state index in [1.807, 2.05) is 0 Å². The predicted molar refractivity (Wildman–Crippen MR) is 64.8 cm³/mol. The van der Waals surface area contributed by atoms with Gasteiger partial charge in [-0.2, -0.15) is 0 Å². The second kappa shape index (κ2) is 4.78. The van der Waals surface area contributed by atoms with Gasteiger partial charge in [0.05, 0.1) is 11.8 Å². The Morgan fingerprint density at radius 2 is 1.88 bits per heavy atom.